The molecule has 2 heterocycles. The molecule has 1 amide bonds. The van der Waals surface area contributed by atoms with Gasteiger partial charge in [-0.3, -0.25) is 4.84 Å². The van der Waals surface area contributed by atoms with Crippen molar-refractivity contribution in [3.05, 3.63) is 59.7 Å². The smallest absolute Gasteiger partial charge is 0.306 e. The zero-order valence-corrected chi connectivity index (χ0v) is 18.6. The number of anilines is 2. The average molecular weight is 426 g/mol. The molecule has 0 bridgehead atoms. The third-order valence-electron chi connectivity index (χ3n) is 5.20. The van der Waals surface area contributed by atoms with Crippen LogP contribution in [0.2, 0.25) is 0 Å². The number of hydrogen-bond acceptors (Lipinski definition) is 4. The Bertz CT molecular complexity index is 944. The summed E-state index contributed by atoms with van der Waals surface area (Å²) >= 11 is 0. The summed E-state index contributed by atoms with van der Waals surface area (Å²) in [7, 11) is 0. The standard InChI is InChI=1S/C24H27N3O2.ClH/c1-23(2)15-19(16-24(3,4)26-23)25-29-22(28)27-20-11-7-5-9-17(20)13-14-18-10-6-8-12-21(18)27;/h5-14,26H,15-16H2,1-4H3;1H. The highest BCUT2D eigenvalue weighted by molar-refractivity contribution is 6.03. The molecule has 0 spiro atoms. The molecule has 4 rings (SSSR count). The second kappa shape index (κ2) is 8.25. The fraction of sp³-hybridized carbons (Fsp3) is 0.333. The van der Waals surface area contributed by atoms with E-state index in [2.05, 4.69) is 38.2 Å². The molecule has 1 saturated heterocycles. The van der Waals surface area contributed by atoms with E-state index < -0.39 is 6.09 Å². The third-order valence-corrected chi connectivity index (χ3v) is 5.20. The van der Waals surface area contributed by atoms with Gasteiger partial charge >= 0.3 is 6.09 Å². The number of nitrogens with zero attached hydrogens (tertiary/aromatic N) is 2. The highest BCUT2D eigenvalue weighted by Crippen LogP contribution is 2.36. The molecule has 1 N–H and O–H groups in total. The summed E-state index contributed by atoms with van der Waals surface area (Å²) in [5.41, 5.74) is 4.17. The van der Waals surface area contributed by atoms with Crippen LogP contribution < -0.4 is 10.2 Å². The lowest BCUT2D eigenvalue weighted by molar-refractivity contribution is 0.157. The predicted octanol–water partition coefficient (Wildman–Crippen LogP) is 6.16. The third kappa shape index (κ3) is 4.58. The number of carbonyl (C=O) groups excluding carboxylic acids is 1. The number of hydrogen-bond donors (Lipinski definition) is 1. The lowest BCUT2D eigenvalue weighted by Crippen LogP contribution is -2.58. The second-order valence-corrected chi connectivity index (χ2v) is 9.05. The minimum Gasteiger partial charge on any atom is -0.306 e. The molecular formula is C24H28ClN3O2. The summed E-state index contributed by atoms with van der Waals surface area (Å²) in [4.78, 5) is 20.3. The molecule has 158 valence electrons. The number of rotatable bonds is 1. The number of para-hydroxylation sites is 2. The maximum atomic E-state index is 13.2. The fourth-order valence-electron chi connectivity index (χ4n) is 4.47. The van der Waals surface area contributed by atoms with Crippen LogP contribution in [0.15, 0.2) is 53.7 Å². The van der Waals surface area contributed by atoms with Crippen molar-refractivity contribution in [3.63, 3.8) is 0 Å². The van der Waals surface area contributed by atoms with Crippen molar-refractivity contribution in [2.24, 2.45) is 5.16 Å². The number of piperidine rings is 1. The molecule has 0 saturated carbocycles. The van der Waals surface area contributed by atoms with E-state index in [1.165, 1.54) is 0 Å². The number of carbonyl (C=O) groups is 1. The summed E-state index contributed by atoms with van der Waals surface area (Å²) < 4.78 is 0. The van der Waals surface area contributed by atoms with Crippen LogP contribution >= 0.6 is 12.4 Å². The summed E-state index contributed by atoms with van der Waals surface area (Å²) in [6.45, 7) is 8.55. The van der Waals surface area contributed by atoms with E-state index in [9.17, 15) is 4.79 Å². The molecular weight excluding hydrogens is 398 g/mol. The Labute approximate surface area is 184 Å². The molecule has 1 fully saturated rings. The molecule has 0 atom stereocenters. The van der Waals surface area contributed by atoms with Crippen LogP contribution in [-0.4, -0.2) is 22.9 Å². The molecule has 0 radical (unpaired) electrons. The normalized spacial score (nSPS) is 18.4. The summed E-state index contributed by atoms with van der Waals surface area (Å²) in [5.74, 6) is 0. The van der Waals surface area contributed by atoms with Gasteiger partial charge in [0.15, 0.2) is 0 Å². The second-order valence-electron chi connectivity index (χ2n) is 9.05. The van der Waals surface area contributed by atoms with Crippen LogP contribution in [0.25, 0.3) is 12.2 Å². The van der Waals surface area contributed by atoms with E-state index in [-0.39, 0.29) is 23.5 Å². The molecule has 6 heteroatoms. The largest absolute Gasteiger partial charge is 0.445 e. The topological polar surface area (TPSA) is 53.9 Å². The number of amides is 1. The first-order chi connectivity index (χ1) is 13.7. The number of oxime groups is 1. The van der Waals surface area contributed by atoms with Crippen molar-refractivity contribution >= 4 is 47.7 Å². The van der Waals surface area contributed by atoms with Gasteiger partial charge in [-0.2, -0.15) is 0 Å². The van der Waals surface area contributed by atoms with E-state index in [0.29, 0.717) is 0 Å². The molecule has 2 aliphatic heterocycles. The minimum absolute atomic E-state index is 0. The zero-order valence-electron chi connectivity index (χ0n) is 17.8. The highest BCUT2D eigenvalue weighted by atomic mass is 35.5. The number of halogens is 1. The molecule has 0 unspecified atom stereocenters. The van der Waals surface area contributed by atoms with Gasteiger partial charge < -0.3 is 5.32 Å². The van der Waals surface area contributed by atoms with Crippen LogP contribution in [-0.2, 0) is 4.84 Å². The maximum absolute atomic E-state index is 13.2. The predicted molar refractivity (Wildman–Crippen MR) is 126 cm³/mol. The van der Waals surface area contributed by atoms with E-state index in [0.717, 1.165) is 41.1 Å². The van der Waals surface area contributed by atoms with Crippen molar-refractivity contribution in [3.8, 4) is 0 Å². The molecule has 2 aromatic carbocycles. The van der Waals surface area contributed by atoms with Gasteiger partial charge in [-0.05, 0) is 51.0 Å². The molecule has 0 aliphatic carbocycles. The van der Waals surface area contributed by atoms with E-state index in [4.69, 9.17) is 4.84 Å². The Morgan fingerprint density at radius 3 is 1.87 bits per heavy atom. The van der Waals surface area contributed by atoms with Crippen molar-refractivity contribution < 1.29 is 9.63 Å². The van der Waals surface area contributed by atoms with E-state index >= 15 is 0 Å². The average Bonchev–Trinajstić information content (AvgIpc) is 2.80. The Hall–Kier alpha value is -2.63. The molecule has 5 nitrogen and oxygen atoms in total. The molecule has 30 heavy (non-hydrogen) atoms. The first-order valence-corrected chi connectivity index (χ1v) is 9.96. The zero-order chi connectivity index (χ0) is 20.6. The SMILES string of the molecule is CC1(C)CC(=NOC(=O)N2c3ccccc3C=Cc3ccccc32)CC(C)(C)N1.Cl. The van der Waals surface area contributed by atoms with Gasteiger partial charge in [0, 0.05) is 23.9 Å². The van der Waals surface area contributed by atoms with Crippen molar-refractivity contribution in [1.29, 1.82) is 0 Å². The van der Waals surface area contributed by atoms with Crippen molar-refractivity contribution in [1.82, 2.24) is 5.32 Å². The Morgan fingerprint density at radius 1 is 0.900 bits per heavy atom. The molecule has 0 aromatic heterocycles. The van der Waals surface area contributed by atoms with Crippen LogP contribution in [0.4, 0.5) is 16.2 Å². The van der Waals surface area contributed by atoms with Crippen molar-refractivity contribution in [2.75, 3.05) is 4.90 Å². The van der Waals surface area contributed by atoms with Gasteiger partial charge in [-0.25, -0.2) is 9.69 Å². The van der Waals surface area contributed by atoms with Crippen LogP contribution in [0.5, 0.6) is 0 Å². The molecule has 2 aliphatic rings. The van der Waals surface area contributed by atoms with Crippen LogP contribution in [0.1, 0.15) is 51.7 Å². The lowest BCUT2D eigenvalue weighted by Gasteiger charge is -2.42. The number of fused-ring (bicyclic) bond motifs is 2. The molecule has 2 aromatic rings. The quantitative estimate of drug-likeness (QED) is 0.439. The Balaban J connectivity index is 0.00000256. The lowest BCUT2D eigenvalue weighted by atomic mass is 9.81. The summed E-state index contributed by atoms with van der Waals surface area (Å²) in [6.07, 6.45) is 5.00. The van der Waals surface area contributed by atoms with Gasteiger partial charge in [0.2, 0.25) is 0 Å². The maximum Gasteiger partial charge on any atom is 0.445 e. The van der Waals surface area contributed by atoms with Gasteiger partial charge in [0.05, 0.1) is 17.1 Å². The van der Waals surface area contributed by atoms with E-state index in [1.54, 1.807) is 4.90 Å². The first-order valence-electron chi connectivity index (χ1n) is 9.96. The van der Waals surface area contributed by atoms with Crippen LogP contribution in [0, 0.1) is 0 Å². The van der Waals surface area contributed by atoms with Gasteiger partial charge in [-0.15, -0.1) is 12.4 Å². The minimum atomic E-state index is -0.504. The van der Waals surface area contributed by atoms with Gasteiger partial charge in [0.25, 0.3) is 0 Å². The first kappa shape index (κ1) is 22.1. The monoisotopic (exact) mass is 425 g/mol. The van der Waals surface area contributed by atoms with Crippen LogP contribution in [0.3, 0.4) is 0 Å². The van der Waals surface area contributed by atoms with Gasteiger partial charge in [-0.1, -0.05) is 53.7 Å². The highest BCUT2D eigenvalue weighted by Gasteiger charge is 2.36. The Morgan fingerprint density at radius 2 is 1.37 bits per heavy atom. The number of benzene rings is 2. The summed E-state index contributed by atoms with van der Waals surface area (Å²) in [6, 6.07) is 15.6. The Kier molecular flexibility index (Phi) is 6.06. The van der Waals surface area contributed by atoms with Gasteiger partial charge in [0.1, 0.15) is 0 Å². The van der Waals surface area contributed by atoms with E-state index in [1.807, 2.05) is 60.7 Å². The fourth-order valence-corrected chi connectivity index (χ4v) is 4.47. The van der Waals surface area contributed by atoms with Crippen molar-refractivity contribution in [2.45, 2.75) is 51.6 Å². The summed E-state index contributed by atoms with van der Waals surface area (Å²) in [5, 5.41) is 7.90. The number of nitrogens with one attached hydrogen (secondary N) is 1.